The Hall–Kier alpha value is -1.32. The van der Waals surface area contributed by atoms with E-state index in [1.807, 2.05) is 24.3 Å². The molecule has 0 saturated heterocycles. The van der Waals surface area contributed by atoms with Gasteiger partial charge in [-0.05, 0) is 78.1 Å². The van der Waals surface area contributed by atoms with Gasteiger partial charge in [-0.25, -0.2) is 0 Å². The van der Waals surface area contributed by atoms with Crippen molar-refractivity contribution in [1.29, 1.82) is 0 Å². The maximum absolute atomic E-state index is 5.91. The monoisotopic (exact) mass is 347 g/mol. The van der Waals surface area contributed by atoms with Crippen molar-refractivity contribution in [3.63, 3.8) is 0 Å². The lowest BCUT2D eigenvalue weighted by Gasteiger charge is -2.14. The van der Waals surface area contributed by atoms with Gasteiger partial charge in [-0.2, -0.15) is 0 Å². The first-order valence-electron chi connectivity index (χ1n) is 7.37. The van der Waals surface area contributed by atoms with Crippen LogP contribution in [0.25, 0.3) is 0 Å². The zero-order valence-electron chi connectivity index (χ0n) is 12.8. The molecule has 0 spiro atoms. The largest absolute Gasteiger partial charge is 0.456 e. The third-order valence-electron chi connectivity index (χ3n) is 3.40. The van der Waals surface area contributed by atoms with Crippen LogP contribution < -0.4 is 10.1 Å². The van der Waals surface area contributed by atoms with Crippen LogP contribution in [0.15, 0.2) is 46.9 Å². The molecule has 112 valence electrons. The van der Waals surface area contributed by atoms with Gasteiger partial charge in [-0.15, -0.1) is 0 Å². The van der Waals surface area contributed by atoms with Crippen molar-refractivity contribution < 1.29 is 4.74 Å². The van der Waals surface area contributed by atoms with Gasteiger partial charge in [0.2, 0.25) is 0 Å². The summed E-state index contributed by atoms with van der Waals surface area (Å²) in [5.74, 6) is 1.69. The van der Waals surface area contributed by atoms with E-state index in [1.165, 1.54) is 11.1 Å². The van der Waals surface area contributed by atoms with Crippen LogP contribution in [0.4, 0.5) is 0 Å². The number of nitrogens with one attached hydrogen (secondary N) is 1. The van der Waals surface area contributed by atoms with Crippen molar-refractivity contribution in [3.05, 3.63) is 58.1 Å². The lowest BCUT2D eigenvalue weighted by molar-refractivity contribution is 0.478. The minimum absolute atomic E-state index is 0.366. The molecule has 0 saturated carbocycles. The smallest absolute Gasteiger partial charge is 0.141 e. The standard InChI is InChI=1S/C18H22BrNO/c1-4-11-20-14(3)15-6-8-16(9-7-15)21-18-10-5-13(2)12-17(18)19/h5-10,12,14,20H,4,11H2,1-3H3. The molecule has 0 bridgehead atoms. The molecule has 2 rings (SSSR count). The molecule has 0 aliphatic rings. The molecule has 1 unspecified atom stereocenters. The molecule has 0 amide bonds. The summed E-state index contributed by atoms with van der Waals surface area (Å²) < 4.78 is 6.89. The highest BCUT2D eigenvalue weighted by Gasteiger charge is 2.06. The van der Waals surface area contributed by atoms with Gasteiger partial charge >= 0.3 is 0 Å². The molecule has 0 fully saturated rings. The van der Waals surface area contributed by atoms with E-state index in [0.717, 1.165) is 28.9 Å². The Morgan fingerprint density at radius 2 is 1.86 bits per heavy atom. The minimum Gasteiger partial charge on any atom is -0.456 e. The van der Waals surface area contributed by atoms with Gasteiger partial charge in [0.05, 0.1) is 4.47 Å². The fourth-order valence-electron chi connectivity index (χ4n) is 2.12. The highest BCUT2D eigenvalue weighted by molar-refractivity contribution is 9.10. The maximum Gasteiger partial charge on any atom is 0.141 e. The molecule has 0 radical (unpaired) electrons. The predicted molar refractivity (Wildman–Crippen MR) is 92.1 cm³/mol. The van der Waals surface area contributed by atoms with Crippen LogP contribution in [0.3, 0.4) is 0 Å². The SMILES string of the molecule is CCCNC(C)c1ccc(Oc2ccc(C)cc2Br)cc1. The molecule has 2 aromatic rings. The first kappa shape index (κ1) is 16.1. The summed E-state index contributed by atoms with van der Waals surface area (Å²) in [6.45, 7) is 7.46. The number of aryl methyl sites for hydroxylation is 1. The van der Waals surface area contributed by atoms with E-state index in [2.05, 4.69) is 60.2 Å². The zero-order chi connectivity index (χ0) is 15.2. The van der Waals surface area contributed by atoms with Crippen LogP contribution >= 0.6 is 15.9 Å². The summed E-state index contributed by atoms with van der Waals surface area (Å²) >= 11 is 3.54. The second-order valence-corrected chi connectivity index (χ2v) is 6.14. The molecule has 0 aromatic heterocycles. The zero-order valence-corrected chi connectivity index (χ0v) is 14.4. The van der Waals surface area contributed by atoms with Crippen molar-refractivity contribution in [2.75, 3.05) is 6.54 Å². The number of hydrogen-bond acceptors (Lipinski definition) is 2. The first-order chi connectivity index (χ1) is 10.1. The Morgan fingerprint density at radius 1 is 1.14 bits per heavy atom. The molecule has 1 N–H and O–H groups in total. The summed E-state index contributed by atoms with van der Waals surface area (Å²) in [7, 11) is 0. The fourth-order valence-corrected chi connectivity index (χ4v) is 2.69. The second kappa shape index (κ2) is 7.62. The van der Waals surface area contributed by atoms with Gasteiger partial charge in [0, 0.05) is 6.04 Å². The summed E-state index contributed by atoms with van der Waals surface area (Å²) in [5.41, 5.74) is 2.49. The Labute approximate surface area is 135 Å². The molecule has 2 aromatic carbocycles. The highest BCUT2D eigenvalue weighted by atomic mass is 79.9. The lowest BCUT2D eigenvalue weighted by Crippen LogP contribution is -2.19. The first-order valence-corrected chi connectivity index (χ1v) is 8.16. The fraction of sp³-hybridized carbons (Fsp3) is 0.333. The molecule has 1 atom stereocenters. The Bertz CT molecular complexity index is 580. The molecule has 2 nitrogen and oxygen atoms in total. The van der Waals surface area contributed by atoms with Gasteiger partial charge in [-0.1, -0.05) is 25.1 Å². The third-order valence-corrected chi connectivity index (χ3v) is 4.02. The van der Waals surface area contributed by atoms with Crippen LogP contribution in [0.2, 0.25) is 0 Å². The Kier molecular flexibility index (Phi) is 5.83. The molecular formula is C18H22BrNO. The molecule has 0 aliphatic carbocycles. The summed E-state index contributed by atoms with van der Waals surface area (Å²) in [5, 5.41) is 3.48. The summed E-state index contributed by atoms with van der Waals surface area (Å²) in [6, 6.07) is 14.7. The Morgan fingerprint density at radius 3 is 2.48 bits per heavy atom. The molecule has 21 heavy (non-hydrogen) atoms. The van der Waals surface area contributed by atoms with Crippen LogP contribution in [0.5, 0.6) is 11.5 Å². The third kappa shape index (κ3) is 4.58. The van der Waals surface area contributed by atoms with Gasteiger partial charge < -0.3 is 10.1 Å². The van der Waals surface area contributed by atoms with Crippen molar-refractivity contribution in [2.24, 2.45) is 0 Å². The lowest BCUT2D eigenvalue weighted by atomic mass is 10.1. The van der Waals surface area contributed by atoms with Crippen LogP contribution in [0, 0.1) is 6.92 Å². The van der Waals surface area contributed by atoms with Gasteiger partial charge in [0.1, 0.15) is 11.5 Å². The van der Waals surface area contributed by atoms with Gasteiger partial charge in [-0.3, -0.25) is 0 Å². The topological polar surface area (TPSA) is 21.3 Å². The number of halogens is 1. The van der Waals surface area contributed by atoms with E-state index < -0.39 is 0 Å². The number of ether oxygens (including phenoxy) is 1. The molecule has 0 aliphatic heterocycles. The quantitative estimate of drug-likeness (QED) is 0.733. The second-order valence-electron chi connectivity index (χ2n) is 5.28. The average Bonchev–Trinajstić information content (AvgIpc) is 2.48. The van der Waals surface area contributed by atoms with Crippen molar-refractivity contribution >= 4 is 15.9 Å². The number of rotatable bonds is 6. The van der Waals surface area contributed by atoms with E-state index >= 15 is 0 Å². The summed E-state index contributed by atoms with van der Waals surface area (Å²) in [4.78, 5) is 0. The van der Waals surface area contributed by atoms with Crippen molar-refractivity contribution in [1.82, 2.24) is 5.32 Å². The van der Waals surface area contributed by atoms with E-state index in [1.54, 1.807) is 0 Å². The minimum atomic E-state index is 0.366. The summed E-state index contributed by atoms with van der Waals surface area (Å²) in [6.07, 6.45) is 1.15. The maximum atomic E-state index is 5.91. The number of benzene rings is 2. The van der Waals surface area contributed by atoms with Crippen molar-refractivity contribution in [3.8, 4) is 11.5 Å². The Balaban J connectivity index is 2.05. The number of hydrogen-bond donors (Lipinski definition) is 1. The van der Waals surface area contributed by atoms with E-state index in [-0.39, 0.29) is 0 Å². The predicted octanol–water partition coefficient (Wildman–Crippen LogP) is 5.61. The average molecular weight is 348 g/mol. The van der Waals surface area contributed by atoms with Gasteiger partial charge in [0.15, 0.2) is 0 Å². The van der Waals surface area contributed by atoms with Crippen molar-refractivity contribution in [2.45, 2.75) is 33.2 Å². The van der Waals surface area contributed by atoms with E-state index in [4.69, 9.17) is 4.74 Å². The van der Waals surface area contributed by atoms with Crippen LogP contribution in [-0.4, -0.2) is 6.54 Å². The molecule has 3 heteroatoms. The normalized spacial score (nSPS) is 12.2. The van der Waals surface area contributed by atoms with E-state index in [9.17, 15) is 0 Å². The van der Waals surface area contributed by atoms with Crippen LogP contribution in [0.1, 0.15) is 37.4 Å². The molecule has 0 heterocycles. The van der Waals surface area contributed by atoms with Crippen LogP contribution in [-0.2, 0) is 0 Å². The highest BCUT2D eigenvalue weighted by Crippen LogP contribution is 2.30. The van der Waals surface area contributed by atoms with E-state index in [0.29, 0.717) is 6.04 Å². The molecular weight excluding hydrogens is 326 g/mol. The van der Waals surface area contributed by atoms with Gasteiger partial charge in [0.25, 0.3) is 0 Å².